The fraction of sp³-hybridized carbons (Fsp3) is 0.0556. The average Bonchev–Trinajstić information content (AvgIpc) is 2.67. The zero-order valence-corrected chi connectivity index (χ0v) is 13.1. The fourth-order valence-corrected chi connectivity index (χ4v) is 2.25. The quantitative estimate of drug-likeness (QED) is 0.527. The van der Waals surface area contributed by atoms with Gasteiger partial charge in [0.1, 0.15) is 12.0 Å². The second-order valence-electron chi connectivity index (χ2n) is 5.30. The summed E-state index contributed by atoms with van der Waals surface area (Å²) in [6, 6.07) is 7.86. The lowest BCUT2D eigenvalue weighted by atomic mass is 9.99. The lowest BCUT2D eigenvalue weighted by Gasteiger charge is -2.06. The van der Waals surface area contributed by atoms with Crippen molar-refractivity contribution in [2.75, 3.05) is 0 Å². The number of carbonyl (C=O) groups is 2. The van der Waals surface area contributed by atoms with Gasteiger partial charge >= 0.3 is 6.18 Å². The molecule has 130 valence electrons. The Bertz CT molecular complexity index is 955. The largest absolute Gasteiger partial charge is 0.433 e. The first-order valence-electron chi connectivity index (χ1n) is 7.34. The van der Waals surface area contributed by atoms with Gasteiger partial charge in [-0.3, -0.25) is 14.6 Å². The highest BCUT2D eigenvalue weighted by atomic mass is 19.4. The van der Waals surface area contributed by atoms with E-state index in [0.29, 0.717) is 17.2 Å². The van der Waals surface area contributed by atoms with Crippen molar-refractivity contribution >= 4 is 11.6 Å². The van der Waals surface area contributed by atoms with Gasteiger partial charge in [-0.25, -0.2) is 9.97 Å². The third-order valence-corrected chi connectivity index (χ3v) is 3.54. The molecule has 0 aliphatic carbocycles. The van der Waals surface area contributed by atoms with E-state index < -0.39 is 23.4 Å². The van der Waals surface area contributed by atoms with Gasteiger partial charge < -0.3 is 0 Å². The maximum Gasteiger partial charge on any atom is 0.433 e. The van der Waals surface area contributed by atoms with Crippen molar-refractivity contribution in [2.45, 2.75) is 6.18 Å². The minimum atomic E-state index is -4.61. The molecule has 0 amide bonds. The molecule has 26 heavy (non-hydrogen) atoms. The Morgan fingerprint density at radius 3 is 2.12 bits per heavy atom. The average molecular weight is 357 g/mol. The van der Waals surface area contributed by atoms with E-state index in [1.807, 2.05) is 0 Å². The number of alkyl halides is 3. The lowest BCUT2D eigenvalue weighted by molar-refractivity contribution is -0.141. The van der Waals surface area contributed by atoms with Crippen LogP contribution >= 0.6 is 0 Å². The van der Waals surface area contributed by atoms with Gasteiger partial charge in [-0.15, -0.1) is 0 Å². The second kappa shape index (κ2) is 6.83. The minimum Gasteiger partial charge on any atom is -0.285 e. The van der Waals surface area contributed by atoms with Crippen LogP contribution in [-0.2, 0) is 6.18 Å². The van der Waals surface area contributed by atoms with E-state index in [2.05, 4.69) is 15.0 Å². The van der Waals surface area contributed by atoms with Crippen molar-refractivity contribution in [3.8, 4) is 11.1 Å². The summed E-state index contributed by atoms with van der Waals surface area (Å²) in [7, 11) is 0. The van der Waals surface area contributed by atoms with Crippen LogP contribution in [0.3, 0.4) is 0 Å². The molecule has 2 heterocycles. The second-order valence-corrected chi connectivity index (χ2v) is 5.30. The van der Waals surface area contributed by atoms with Crippen LogP contribution in [0.2, 0.25) is 0 Å². The molecule has 3 aromatic rings. The molecule has 0 bridgehead atoms. The maximum atomic E-state index is 12.5. The number of rotatable bonds is 4. The highest BCUT2D eigenvalue weighted by molar-refractivity contribution is 6.49. The van der Waals surface area contributed by atoms with Crippen LogP contribution in [0.25, 0.3) is 11.1 Å². The molecule has 0 aliphatic heterocycles. The molecule has 1 aromatic carbocycles. The topological polar surface area (TPSA) is 72.8 Å². The first-order valence-corrected chi connectivity index (χ1v) is 7.34. The predicted octanol–water partition coefficient (Wildman–Crippen LogP) is 3.62. The third-order valence-electron chi connectivity index (χ3n) is 3.54. The number of carbonyl (C=O) groups excluding carboxylic acids is 2. The monoisotopic (exact) mass is 357 g/mol. The van der Waals surface area contributed by atoms with Gasteiger partial charge in [-0.1, -0.05) is 18.2 Å². The summed E-state index contributed by atoms with van der Waals surface area (Å²) >= 11 is 0. The van der Waals surface area contributed by atoms with E-state index >= 15 is 0 Å². The van der Waals surface area contributed by atoms with Gasteiger partial charge in [0.2, 0.25) is 11.6 Å². The number of hydrogen-bond donors (Lipinski definition) is 0. The number of hydrogen-bond acceptors (Lipinski definition) is 5. The van der Waals surface area contributed by atoms with Crippen molar-refractivity contribution < 1.29 is 22.8 Å². The molecular weight excluding hydrogens is 347 g/mol. The Hall–Kier alpha value is -3.42. The first-order chi connectivity index (χ1) is 12.4. The number of nitrogens with zero attached hydrogens (tertiary/aromatic N) is 3. The Morgan fingerprint density at radius 2 is 1.50 bits per heavy atom. The number of pyridine rings is 1. The lowest BCUT2D eigenvalue weighted by Crippen LogP contribution is -2.16. The molecule has 3 rings (SSSR count). The molecule has 0 N–H and O–H groups in total. The molecule has 0 radical (unpaired) electrons. The van der Waals surface area contributed by atoms with Gasteiger partial charge in [-0.05, 0) is 23.8 Å². The van der Waals surface area contributed by atoms with Crippen LogP contribution in [0.15, 0.2) is 61.3 Å². The zero-order chi connectivity index (χ0) is 18.7. The highest BCUT2D eigenvalue weighted by Crippen LogP contribution is 2.27. The van der Waals surface area contributed by atoms with Crippen molar-refractivity contribution in [1.29, 1.82) is 0 Å². The zero-order valence-electron chi connectivity index (χ0n) is 13.1. The molecule has 2 aromatic heterocycles. The van der Waals surface area contributed by atoms with Crippen molar-refractivity contribution in [1.82, 2.24) is 15.0 Å². The van der Waals surface area contributed by atoms with Crippen molar-refractivity contribution in [3.05, 3.63) is 78.1 Å². The standard InChI is InChI=1S/C18H10F3N3O2/c19-18(20,21)15-5-4-13(9-24-15)17(26)16(25)12-3-1-2-11(6-12)14-7-22-10-23-8-14/h1-10H. The number of benzene rings is 1. The van der Waals surface area contributed by atoms with Crippen LogP contribution in [-0.4, -0.2) is 26.5 Å². The van der Waals surface area contributed by atoms with E-state index in [4.69, 9.17) is 0 Å². The normalized spacial score (nSPS) is 11.2. The summed E-state index contributed by atoms with van der Waals surface area (Å²) in [5.74, 6) is -1.78. The van der Waals surface area contributed by atoms with Crippen LogP contribution in [0.4, 0.5) is 13.2 Å². The Labute approximate surface area is 145 Å². The minimum absolute atomic E-state index is 0.108. The summed E-state index contributed by atoms with van der Waals surface area (Å²) in [5.41, 5.74) is 0.0564. The number of halogens is 3. The molecule has 0 fully saturated rings. The van der Waals surface area contributed by atoms with E-state index in [9.17, 15) is 22.8 Å². The third kappa shape index (κ3) is 3.64. The Balaban J connectivity index is 1.86. The summed E-state index contributed by atoms with van der Waals surface area (Å²) < 4.78 is 37.6. The molecular formula is C18H10F3N3O2. The Morgan fingerprint density at radius 1 is 0.808 bits per heavy atom. The molecule has 0 saturated heterocycles. The van der Waals surface area contributed by atoms with E-state index in [1.54, 1.807) is 24.5 Å². The summed E-state index contributed by atoms with van der Waals surface area (Å²) in [6.07, 6.45) is 0.603. The van der Waals surface area contributed by atoms with Crippen LogP contribution in [0.5, 0.6) is 0 Å². The molecule has 0 spiro atoms. The number of ketones is 2. The first kappa shape index (κ1) is 17.4. The van der Waals surface area contributed by atoms with Crippen LogP contribution in [0, 0.1) is 0 Å². The Kier molecular flexibility index (Phi) is 4.57. The van der Waals surface area contributed by atoms with Crippen LogP contribution < -0.4 is 0 Å². The van der Waals surface area contributed by atoms with E-state index in [0.717, 1.165) is 12.3 Å². The molecule has 0 aliphatic rings. The fourth-order valence-electron chi connectivity index (χ4n) is 2.25. The van der Waals surface area contributed by atoms with Crippen molar-refractivity contribution in [2.24, 2.45) is 0 Å². The SMILES string of the molecule is O=C(C(=O)c1cccc(-c2cncnc2)c1)c1ccc(C(F)(F)F)nc1. The van der Waals surface area contributed by atoms with E-state index in [1.165, 1.54) is 18.5 Å². The van der Waals surface area contributed by atoms with Gasteiger partial charge in [0.15, 0.2) is 0 Å². The van der Waals surface area contributed by atoms with E-state index in [-0.39, 0.29) is 11.1 Å². The summed E-state index contributed by atoms with van der Waals surface area (Å²) in [5, 5.41) is 0. The molecule has 0 saturated carbocycles. The smallest absolute Gasteiger partial charge is 0.285 e. The van der Waals surface area contributed by atoms with Crippen LogP contribution in [0.1, 0.15) is 26.4 Å². The van der Waals surface area contributed by atoms with Gasteiger partial charge in [0.25, 0.3) is 0 Å². The molecule has 0 unspecified atom stereocenters. The van der Waals surface area contributed by atoms with Gasteiger partial charge in [0, 0.05) is 35.3 Å². The molecule has 8 heteroatoms. The summed E-state index contributed by atoms with van der Waals surface area (Å²) in [4.78, 5) is 35.6. The number of aromatic nitrogens is 3. The summed E-state index contributed by atoms with van der Waals surface area (Å²) in [6.45, 7) is 0. The highest BCUT2D eigenvalue weighted by Gasteiger charge is 2.32. The van der Waals surface area contributed by atoms with Gasteiger partial charge in [0.05, 0.1) is 0 Å². The van der Waals surface area contributed by atoms with Gasteiger partial charge in [-0.2, -0.15) is 13.2 Å². The van der Waals surface area contributed by atoms with Crippen molar-refractivity contribution in [3.63, 3.8) is 0 Å². The number of Topliss-reactive ketones (excluding diaryl/α,β-unsaturated/α-hetero) is 2. The molecule has 0 atom stereocenters. The predicted molar refractivity (Wildman–Crippen MR) is 85.4 cm³/mol. The maximum absolute atomic E-state index is 12.5. The molecule has 5 nitrogen and oxygen atoms in total.